The van der Waals surface area contributed by atoms with Gasteiger partial charge in [-0.25, -0.2) is 4.79 Å². The molecule has 0 spiro atoms. The van der Waals surface area contributed by atoms with Crippen molar-refractivity contribution in [2.24, 2.45) is 0 Å². The SMILES string of the molecule is O=C(O)c1occc1CNc1cc(Cl)c(Cl)cc1Cl. The molecule has 4 nitrogen and oxygen atoms in total. The van der Waals surface area contributed by atoms with Gasteiger partial charge in [0.15, 0.2) is 0 Å². The summed E-state index contributed by atoms with van der Waals surface area (Å²) in [6.45, 7) is 0.246. The number of hydrogen-bond acceptors (Lipinski definition) is 3. The lowest BCUT2D eigenvalue weighted by atomic mass is 10.2. The Balaban J connectivity index is 2.17. The zero-order valence-corrected chi connectivity index (χ0v) is 11.7. The Kier molecular flexibility index (Phi) is 4.24. The Bertz CT molecular complexity index is 625. The van der Waals surface area contributed by atoms with Gasteiger partial charge in [0, 0.05) is 12.1 Å². The van der Waals surface area contributed by atoms with Crippen LogP contribution in [0.5, 0.6) is 0 Å². The highest BCUT2D eigenvalue weighted by Crippen LogP contribution is 2.32. The van der Waals surface area contributed by atoms with E-state index in [9.17, 15) is 4.79 Å². The fourth-order valence-corrected chi connectivity index (χ4v) is 2.12. The molecule has 2 N–H and O–H groups in total. The molecule has 0 aliphatic carbocycles. The number of halogens is 3. The summed E-state index contributed by atoms with van der Waals surface area (Å²) in [4.78, 5) is 10.9. The maximum atomic E-state index is 10.9. The third kappa shape index (κ3) is 3.15. The normalized spacial score (nSPS) is 10.5. The molecule has 0 amide bonds. The number of aromatic carboxylic acids is 1. The Hall–Kier alpha value is -1.36. The molecule has 1 aromatic heterocycles. The second-order valence-electron chi connectivity index (χ2n) is 3.68. The summed E-state index contributed by atoms with van der Waals surface area (Å²) in [5.41, 5.74) is 1.07. The van der Waals surface area contributed by atoms with Crippen LogP contribution in [0, 0.1) is 0 Å². The lowest BCUT2D eigenvalue weighted by molar-refractivity contribution is 0.0661. The second-order valence-corrected chi connectivity index (χ2v) is 4.90. The Morgan fingerprint density at radius 3 is 2.58 bits per heavy atom. The number of carboxylic acid groups (broad SMARTS) is 1. The molecule has 0 aliphatic heterocycles. The summed E-state index contributed by atoms with van der Waals surface area (Å²) in [7, 11) is 0. The van der Waals surface area contributed by atoms with Gasteiger partial charge in [-0.3, -0.25) is 0 Å². The van der Waals surface area contributed by atoms with E-state index in [4.69, 9.17) is 44.3 Å². The topological polar surface area (TPSA) is 62.5 Å². The number of carboxylic acids is 1. The van der Waals surface area contributed by atoms with Gasteiger partial charge in [-0.2, -0.15) is 0 Å². The first-order chi connectivity index (χ1) is 8.99. The molecule has 0 aliphatic rings. The van der Waals surface area contributed by atoms with E-state index < -0.39 is 5.97 Å². The standard InChI is InChI=1S/C12H8Cl3NO3/c13-7-3-9(15)10(4-8(7)14)16-5-6-1-2-19-11(6)12(17)18/h1-4,16H,5H2,(H,17,18). The van der Waals surface area contributed by atoms with Gasteiger partial charge in [-0.15, -0.1) is 0 Å². The lowest BCUT2D eigenvalue weighted by Gasteiger charge is -2.09. The van der Waals surface area contributed by atoms with E-state index >= 15 is 0 Å². The minimum absolute atomic E-state index is 0.108. The van der Waals surface area contributed by atoms with Crippen LogP contribution in [0.3, 0.4) is 0 Å². The molecule has 0 radical (unpaired) electrons. The van der Waals surface area contributed by atoms with E-state index in [0.717, 1.165) is 0 Å². The van der Waals surface area contributed by atoms with Crippen molar-refractivity contribution in [2.45, 2.75) is 6.54 Å². The van der Waals surface area contributed by atoms with E-state index in [1.165, 1.54) is 12.3 Å². The van der Waals surface area contributed by atoms with Gasteiger partial charge in [-0.1, -0.05) is 34.8 Å². The number of furan rings is 1. The molecule has 100 valence electrons. The third-order valence-corrected chi connectivity index (χ3v) is 3.46. The average Bonchev–Trinajstić information content (AvgIpc) is 2.80. The monoisotopic (exact) mass is 319 g/mol. The summed E-state index contributed by atoms with van der Waals surface area (Å²) in [5, 5.41) is 13.0. The predicted octanol–water partition coefficient (Wildman–Crippen LogP) is 4.55. The minimum atomic E-state index is -1.12. The van der Waals surface area contributed by atoms with Crippen LogP contribution in [0.25, 0.3) is 0 Å². The van der Waals surface area contributed by atoms with Crippen LogP contribution in [-0.4, -0.2) is 11.1 Å². The van der Waals surface area contributed by atoms with Crippen LogP contribution >= 0.6 is 34.8 Å². The number of benzene rings is 1. The number of nitrogens with one attached hydrogen (secondary N) is 1. The van der Waals surface area contributed by atoms with Crippen molar-refractivity contribution in [3.8, 4) is 0 Å². The van der Waals surface area contributed by atoms with Crippen LogP contribution in [0.1, 0.15) is 16.1 Å². The third-order valence-electron chi connectivity index (χ3n) is 2.42. The zero-order valence-electron chi connectivity index (χ0n) is 9.41. The average molecular weight is 321 g/mol. The summed E-state index contributed by atoms with van der Waals surface area (Å²) in [5.74, 6) is -1.23. The van der Waals surface area contributed by atoms with Crippen molar-refractivity contribution in [1.29, 1.82) is 0 Å². The van der Waals surface area contributed by atoms with Gasteiger partial charge >= 0.3 is 5.97 Å². The summed E-state index contributed by atoms with van der Waals surface area (Å²) in [6.07, 6.45) is 1.32. The molecule has 0 saturated carbocycles. The van der Waals surface area contributed by atoms with Crippen LogP contribution < -0.4 is 5.32 Å². The maximum absolute atomic E-state index is 10.9. The lowest BCUT2D eigenvalue weighted by Crippen LogP contribution is -2.05. The van der Waals surface area contributed by atoms with Crippen LogP contribution in [0.2, 0.25) is 15.1 Å². The van der Waals surface area contributed by atoms with Crippen molar-refractivity contribution in [1.82, 2.24) is 0 Å². The first-order valence-electron chi connectivity index (χ1n) is 5.17. The molecule has 7 heteroatoms. The summed E-state index contributed by atoms with van der Waals surface area (Å²) in [6, 6.07) is 4.66. The second kappa shape index (κ2) is 5.74. The van der Waals surface area contributed by atoms with Crippen molar-refractivity contribution >= 4 is 46.5 Å². The zero-order chi connectivity index (χ0) is 14.0. The molecule has 0 saturated heterocycles. The van der Waals surface area contributed by atoms with Crippen LogP contribution in [-0.2, 0) is 6.54 Å². The predicted molar refractivity (Wildman–Crippen MR) is 74.5 cm³/mol. The highest BCUT2D eigenvalue weighted by molar-refractivity contribution is 6.44. The molecule has 1 aromatic carbocycles. The van der Waals surface area contributed by atoms with Gasteiger partial charge in [-0.05, 0) is 18.2 Å². The summed E-state index contributed by atoms with van der Waals surface area (Å²) >= 11 is 17.7. The molecule has 0 unspecified atom stereocenters. The molecule has 2 rings (SSSR count). The van der Waals surface area contributed by atoms with Crippen molar-refractivity contribution in [2.75, 3.05) is 5.32 Å². The first-order valence-corrected chi connectivity index (χ1v) is 6.30. The molecule has 0 bridgehead atoms. The van der Waals surface area contributed by atoms with Crippen LogP contribution in [0.4, 0.5) is 5.69 Å². The fourth-order valence-electron chi connectivity index (χ4n) is 1.51. The molecular formula is C12H8Cl3NO3. The van der Waals surface area contributed by atoms with Gasteiger partial charge in [0.1, 0.15) is 0 Å². The van der Waals surface area contributed by atoms with E-state index in [2.05, 4.69) is 5.32 Å². The minimum Gasteiger partial charge on any atom is -0.475 e. The van der Waals surface area contributed by atoms with Gasteiger partial charge < -0.3 is 14.8 Å². The molecule has 1 heterocycles. The largest absolute Gasteiger partial charge is 0.475 e. The quantitative estimate of drug-likeness (QED) is 0.811. The highest BCUT2D eigenvalue weighted by atomic mass is 35.5. The Morgan fingerprint density at radius 1 is 1.21 bits per heavy atom. The molecule has 2 aromatic rings. The van der Waals surface area contributed by atoms with Crippen LogP contribution in [0.15, 0.2) is 28.9 Å². The van der Waals surface area contributed by atoms with Crippen molar-refractivity contribution in [3.05, 3.63) is 50.9 Å². The molecule has 0 fully saturated rings. The van der Waals surface area contributed by atoms with E-state index in [1.54, 1.807) is 12.1 Å². The molecule has 19 heavy (non-hydrogen) atoms. The van der Waals surface area contributed by atoms with Crippen molar-refractivity contribution in [3.63, 3.8) is 0 Å². The smallest absolute Gasteiger partial charge is 0.372 e. The summed E-state index contributed by atoms with van der Waals surface area (Å²) < 4.78 is 4.87. The fraction of sp³-hybridized carbons (Fsp3) is 0.0833. The van der Waals surface area contributed by atoms with E-state index in [-0.39, 0.29) is 12.3 Å². The Labute approximate surface area is 123 Å². The van der Waals surface area contributed by atoms with E-state index in [0.29, 0.717) is 26.3 Å². The van der Waals surface area contributed by atoms with Crippen molar-refractivity contribution < 1.29 is 14.3 Å². The highest BCUT2D eigenvalue weighted by Gasteiger charge is 2.14. The molecule has 0 atom stereocenters. The number of rotatable bonds is 4. The number of anilines is 1. The van der Waals surface area contributed by atoms with E-state index in [1.807, 2.05) is 0 Å². The van der Waals surface area contributed by atoms with Gasteiger partial charge in [0.25, 0.3) is 0 Å². The first kappa shape index (κ1) is 14.1. The number of carbonyl (C=O) groups is 1. The Morgan fingerprint density at radius 2 is 1.89 bits per heavy atom. The van der Waals surface area contributed by atoms with Gasteiger partial charge in [0.05, 0.1) is 27.0 Å². The molecular weight excluding hydrogens is 312 g/mol. The maximum Gasteiger partial charge on any atom is 0.372 e. The number of hydrogen-bond donors (Lipinski definition) is 2. The van der Waals surface area contributed by atoms with Gasteiger partial charge in [0.2, 0.25) is 5.76 Å².